The number of carbonyl (C=O) groups excluding carboxylic acids is 3. The van der Waals surface area contributed by atoms with E-state index < -0.39 is 52.6 Å². The molecule has 3 amide bonds. The van der Waals surface area contributed by atoms with Crippen LogP contribution in [0.25, 0.3) is 0 Å². The first-order valence-corrected chi connectivity index (χ1v) is 18.9. The first-order chi connectivity index (χ1) is 25.8. The van der Waals surface area contributed by atoms with Gasteiger partial charge in [0.2, 0.25) is 0 Å². The lowest BCUT2D eigenvalue weighted by Gasteiger charge is -2.50. The Morgan fingerprint density at radius 3 is 2.56 bits per heavy atom. The first kappa shape index (κ1) is 38.4. The van der Waals surface area contributed by atoms with Crippen LogP contribution < -0.4 is 16.4 Å². The standard InChI is InChI=1S/C34H34ClN7O10S2/c35-23-20(6-7-22(43)27(23)44)28(45)37-8-11-42(9-1-2-10-42)13-19-15-53-31-25(30(47)41(31)26(19)33(50)51)39-29(46)24(21-16-54-34(36)38-21)40-52-14-17-4-3-5-18(12-17)32(48)49/h3-7,12,16,25,31H,1-2,8-11,13-15H2,(H7-,36,37,38,39,40,43,44,45,46,48,49,50,51)/p+1/t25-,31-/m1/s1. The number of thioether (sulfide) groups is 1. The number of carboxylic acid groups (broad SMARTS) is 2. The number of halogens is 1. The number of carbonyl (C=O) groups is 5. The van der Waals surface area contributed by atoms with Crippen molar-refractivity contribution in [1.29, 1.82) is 0 Å². The van der Waals surface area contributed by atoms with Gasteiger partial charge in [-0.05, 0) is 29.8 Å². The van der Waals surface area contributed by atoms with Gasteiger partial charge in [0.15, 0.2) is 22.3 Å². The highest BCUT2D eigenvalue weighted by molar-refractivity contribution is 8.00. The Labute approximate surface area is 320 Å². The average Bonchev–Trinajstić information content (AvgIpc) is 3.79. The number of nitrogens with two attached hydrogens (primary N) is 1. The van der Waals surface area contributed by atoms with E-state index in [1.807, 2.05) is 0 Å². The van der Waals surface area contributed by atoms with Crippen molar-refractivity contribution in [3.05, 3.63) is 80.5 Å². The van der Waals surface area contributed by atoms with Crippen LogP contribution in [0.5, 0.6) is 11.5 Å². The molecule has 4 heterocycles. The number of aliphatic carboxylic acids is 1. The van der Waals surface area contributed by atoms with Crippen LogP contribution in [0.1, 0.15) is 44.8 Å². The van der Waals surface area contributed by atoms with Crippen LogP contribution in [0.4, 0.5) is 5.13 Å². The second-order valence-electron chi connectivity index (χ2n) is 12.8. The van der Waals surface area contributed by atoms with Crippen LogP contribution in [0, 0.1) is 0 Å². The fraction of sp³-hybridized carbons (Fsp3) is 0.324. The van der Waals surface area contributed by atoms with E-state index in [4.69, 9.17) is 22.2 Å². The summed E-state index contributed by atoms with van der Waals surface area (Å²) in [6.07, 6.45) is 1.78. The number of amides is 3. The number of fused-ring (bicyclic) bond motifs is 1. The van der Waals surface area contributed by atoms with Crippen LogP contribution >= 0.6 is 34.7 Å². The smallest absolute Gasteiger partial charge is 0.352 e. The molecule has 1 aromatic heterocycles. The molecule has 3 aliphatic heterocycles. The number of aromatic nitrogens is 1. The van der Waals surface area contributed by atoms with E-state index in [9.17, 15) is 44.4 Å². The van der Waals surface area contributed by atoms with Gasteiger partial charge in [-0.25, -0.2) is 14.6 Å². The zero-order chi connectivity index (χ0) is 38.7. The summed E-state index contributed by atoms with van der Waals surface area (Å²) in [6, 6.07) is 7.37. The van der Waals surface area contributed by atoms with E-state index in [1.54, 1.807) is 12.1 Å². The molecule has 20 heteroatoms. The average molecular weight is 801 g/mol. The molecule has 0 spiro atoms. The lowest BCUT2D eigenvalue weighted by atomic mass is 10.0. The lowest BCUT2D eigenvalue weighted by Crippen LogP contribution is -2.71. The van der Waals surface area contributed by atoms with Crippen LogP contribution in [-0.4, -0.2) is 120 Å². The van der Waals surface area contributed by atoms with Crippen LogP contribution in [0.2, 0.25) is 5.02 Å². The highest BCUT2D eigenvalue weighted by Crippen LogP contribution is 2.41. The second kappa shape index (κ2) is 15.9. The molecule has 54 heavy (non-hydrogen) atoms. The summed E-state index contributed by atoms with van der Waals surface area (Å²) in [7, 11) is 0. The van der Waals surface area contributed by atoms with E-state index in [-0.39, 0.29) is 57.3 Å². The predicted octanol–water partition coefficient (Wildman–Crippen LogP) is 2.19. The molecule has 2 aromatic carbocycles. The molecule has 17 nitrogen and oxygen atoms in total. The Kier molecular flexibility index (Phi) is 11.3. The highest BCUT2D eigenvalue weighted by Gasteiger charge is 2.55. The maximum absolute atomic E-state index is 13.6. The summed E-state index contributed by atoms with van der Waals surface area (Å²) < 4.78 is 0.478. The van der Waals surface area contributed by atoms with Crippen molar-refractivity contribution in [2.75, 3.05) is 44.2 Å². The van der Waals surface area contributed by atoms with Gasteiger partial charge in [0, 0.05) is 29.5 Å². The van der Waals surface area contributed by atoms with Crippen molar-refractivity contribution >= 4 is 75.2 Å². The van der Waals surface area contributed by atoms with Crippen LogP contribution in [0.15, 0.2) is 58.2 Å². The number of quaternary nitrogens is 1. The molecular weight excluding hydrogens is 766 g/mol. The number of benzene rings is 2. The summed E-state index contributed by atoms with van der Waals surface area (Å²) in [5.74, 6) is -5.14. The summed E-state index contributed by atoms with van der Waals surface area (Å²) in [5.41, 5.74) is 6.53. The van der Waals surface area contributed by atoms with Crippen molar-refractivity contribution in [2.24, 2.45) is 5.16 Å². The summed E-state index contributed by atoms with van der Waals surface area (Å²) in [6.45, 7) is 2.28. The molecule has 0 saturated carbocycles. The number of aromatic hydroxyl groups is 2. The molecule has 0 unspecified atom stereocenters. The number of hydrogen-bond donors (Lipinski definition) is 7. The summed E-state index contributed by atoms with van der Waals surface area (Å²) in [5, 5.41) is 49.2. The van der Waals surface area contributed by atoms with Gasteiger partial charge >= 0.3 is 11.9 Å². The molecule has 284 valence electrons. The number of rotatable bonds is 14. The number of anilines is 1. The van der Waals surface area contributed by atoms with Gasteiger partial charge in [-0.15, -0.1) is 23.1 Å². The Hall–Kier alpha value is -5.37. The van der Waals surface area contributed by atoms with Crippen molar-refractivity contribution in [2.45, 2.75) is 30.9 Å². The third kappa shape index (κ3) is 7.93. The molecule has 6 rings (SSSR count). The normalized spacial score (nSPS) is 19.2. The number of nitrogen functional groups attached to an aromatic ring is 1. The van der Waals surface area contributed by atoms with Crippen molar-refractivity contribution < 1.29 is 53.7 Å². The van der Waals surface area contributed by atoms with E-state index in [1.165, 1.54) is 40.2 Å². The Balaban J connectivity index is 1.13. The zero-order valence-electron chi connectivity index (χ0n) is 28.4. The number of nitrogens with zero attached hydrogens (tertiary/aromatic N) is 4. The number of carboxylic acids is 2. The number of thiazole rings is 1. The number of hydrogen-bond acceptors (Lipinski definition) is 13. The van der Waals surface area contributed by atoms with Gasteiger partial charge in [0.05, 0.1) is 42.3 Å². The zero-order valence-corrected chi connectivity index (χ0v) is 30.7. The maximum Gasteiger partial charge on any atom is 0.352 e. The molecule has 2 fully saturated rings. The number of nitrogens with one attached hydrogen (secondary N) is 2. The maximum atomic E-state index is 13.6. The van der Waals surface area contributed by atoms with E-state index in [2.05, 4.69) is 20.8 Å². The number of aromatic carboxylic acids is 1. The summed E-state index contributed by atoms with van der Waals surface area (Å²) >= 11 is 8.42. The van der Waals surface area contributed by atoms with Crippen LogP contribution in [-0.2, 0) is 25.8 Å². The monoisotopic (exact) mass is 800 g/mol. The third-order valence-electron chi connectivity index (χ3n) is 9.33. The number of likely N-dealkylation sites (tertiary alicyclic amines) is 1. The first-order valence-electron chi connectivity index (χ1n) is 16.6. The van der Waals surface area contributed by atoms with Gasteiger partial charge in [-0.3, -0.25) is 19.3 Å². The molecular formula is C34H35ClN7O10S2+. The Morgan fingerprint density at radius 2 is 1.87 bits per heavy atom. The molecule has 8 N–H and O–H groups in total. The minimum atomic E-state index is -1.28. The quantitative estimate of drug-likeness (QED) is 0.0407. The van der Waals surface area contributed by atoms with E-state index in [0.717, 1.165) is 43.3 Å². The number of β-lactam (4-membered cyclic amide) rings is 1. The van der Waals surface area contributed by atoms with Gasteiger partial charge in [-0.1, -0.05) is 28.9 Å². The fourth-order valence-electron chi connectivity index (χ4n) is 6.68. The largest absolute Gasteiger partial charge is 0.504 e. The Bertz CT molecular complexity index is 2080. The summed E-state index contributed by atoms with van der Waals surface area (Å²) in [4.78, 5) is 74.7. The lowest BCUT2D eigenvalue weighted by molar-refractivity contribution is -0.911. The SMILES string of the molecule is Nc1nc(/C(=N/OCc2cccc(C(=O)O)c2)C(=O)N[C@@H]2C(=O)N3C(C(=O)O)=C(C[N+]4(CCNC(=O)c5ccc(O)c(O)c5Cl)CCCC4)CS[C@H]23)cs1. The third-order valence-corrected chi connectivity index (χ3v) is 11.7. The molecule has 3 aliphatic rings. The minimum Gasteiger partial charge on any atom is -0.504 e. The molecule has 0 bridgehead atoms. The Morgan fingerprint density at radius 1 is 1.11 bits per heavy atom. The molecule has 0 radical (unpaired) electrons. The van der Waals surface area contributed by atoms with Gasteiger partial charge < -0.3 is 46.1 Å². The van der Waals surface area contributed by atoms with Crippen molar-refractivity contribution in [3.8, 4) is 11.5 Å². The van der Waals surface area contributed by atoms with Gasteiger partial charge in [0.1, 0.15) is 36.0 Å². The minimum absolute atomic E-state index is 0.00614. The molecule has 3 aromatic rings. The molecule has 0 aliphatic carbocycles. The topological polar surface area (TPSA) is 254 Å². The highest BCUT2D eigenvalue weighted by atomic mass is 35.5. The predicted molar refractivity (Wildman–Crippen MR) is 197 cm³/mol. The number of phenols is 2. The van der Waals surface area contributed by atoms with Crippen LogP contribution in [0.3, 0.4) is 0 Å². The van der Waals surface area contributed by atoms with Gasteiger partial charge in [0.25, 0.3) is 17.7 Å². The number of oxime groups is 1. The fourth-order valence-corrected chi connectivity index (χ4v) is 8.81. The molecule has 2 atom stereocenters. The molecule has 2 saturated heterocycles. The van der Waals surface area contributed by atoms with E-state index >= 15 is 0 Å². The number of phenolic OH excluding ortho intramolecular Hbond substituents is 2. The second-order valence-corrected chi connectivity index (χ2v) is 15.2. The van der Waals surface area contributed by atoms with Crippen molar-refractivity contribution in [1.82, 2.24) is 20.5 Å². The van der Waals surface area contributed by atoms with Gasteiger partial charge in [-0.2, -0.15) is 0 Å². The van der Waals surface area contributed by atoms with E-state index in [0.29, 0.717) is 28.7 Å². The van der Waals surface area contributed by atoms with Crippen molar-refractivity contribution in [3.63, 3.8) is 0 Å².